The van der Waals surface area contributed by atoms with Crippen LogP contribution in [0, 0.1) is 0 Å². The van der Waals surface area contributed by atoms with Crippen molar-refractivity contribution in [3.8, 4) is 0 Å². The average molecular weight is 441 g/mol. The first kappa shape index (κ1) is 21.6. The summed E-state index contributed by atoms with van der Waals surface area (Å²) < 4.78 is 0. The molecule has 1 unspecified atom stereocenters. The summed E-state index contributed by atoms with van der Waals surface area (Å²) in [6, 6.07) is 24.2. The molecule has 0 aliphatic heterocycles. The number of benzene rings is 2. The molecule has 2 heterocycles. The second-order valence-electron chi connectivity index (χ2n) is 9.28. The second-order valence-corrected chi connectivity index (χ2v) is 9.28. The van der Waals surface area contributed by atoms with E-state index in [1.807, 2.05) is 6.07 Å². The van der Waals surface area contributed by atoms with Gasteiger partial charge in [-0.05, 0) is 74.4 Å². The highest BCUT2D eigenvalue weighted by Gasteiger charge is 2.26. The van der Waals surface area contributed by atoms with Crippen LogP contribution in [0.15, 0.2) is 66.7 Å². The molecule has 0 saturated heterocycles. The molecule has 2 aromatic carbocycles. The highest BCUT2D eigenvalue weighted by atomic mass is 15.3. The van der Waals surface area contributed by atoms with Gasteiger partial charge in [0.1, 0.15) is 11.3 Å². The maximum atomic E-state index is 6.13. The number of aromatic amines is 1. The Kier molecular flexibility index (Phi) is 6.35. The third-order valence-electron chi connectivity index (χ3n) is 7.28. The molecule has 170 valence electrons. The van der Waals surface area contributed by atoms with Gasteiger partial charge in [0, 0.05) is 12.0 Å². The quantitative estimate of drug-likeness (QED) is 0.417. The van der Waals surface area contributed by atoms with Crippen LogP contribution in [-0.4, -0.2) is 44.9 Å². The summed E-state index contributed by atoms with van der Waals surface area (Å²) in [6.45, 7) is 1.02. The van der Waals surface area contributed by atoms with Crippen LogP contribution in [0.5, 0.6) is 0 Å². The van der Waals surface area contributed by atoms with E-state index in [0.29, 0.717) is 23.4 Å². The summed E-state index contributed by atoms with van der Waals surface area (Å²) in [5.41, 5.74) is 11.4. The zero-order chi connectivity index (χ0) is 22.6. The Morgan fingerprint density at radius 2 is 1.67 bits per heavy atom. The summed E-state index contributed by atoms with van der Waals surface area (Å²) in [4.78, 5) is 6.89. The van der Waals surface area contributed by atoms with Crippen molar-refractivity contribution in [2.45, 2.75) is 50.0 Å². The highest BCUT2D eigenvalue weighted by molar-refractivity contribution is 5.77. The SMILES string of the molecule is CN(CCC(c1ccccc1)c1cc(N)nc2n[nH]nc12)C1CCC(c2ccccc2)CC1. The van der Waals surface area contributed by atoms with Crippen molar-refractivity contribution in [3.63, 3.8) is 0 Å². The standard InChI is InChI=1S/C27H32N6/c1-33(22-14-12-20(13-15-22)19-8-4-2-5-9-19)17-16-23(21-10-6-3-7-11-21)24-18-25(28)29-27-26(24)30-32-31-27/h2-11,18,20,22-23H,12-17H2,1H3,(H3,28,29,30,31,32). The normalized spacial score (nSPS) is 19.7. The number of hydrogen-bond donors (Lipinski definition) is 2. The van der Waals surface area contributed by atoms with Crippen LogP contribution < -0.4 is 5.73 Å². The zero-order valence-corrected chi connectivity index (χ0v) is 19.2. The van der Waals surface area contributed by atoms with Crippen molar-refractivity contribution >= 4 is 17.0 Å². The third kappa shape index (κ3) is 4.76. The summed E-state index contributed by atoms with van der Waals surface area (Å²) >= 11 is 0. The maximum absolute atomic E-state index is 6.13. The number of fused-ring (bicyclic) bond motifs is 1. The molecule has 0 spiro atoms. The van der Waals surface area contributed by atoms with E-state index in [4.69, 9.17) is 5.73 Å². The molecule has 1 saturated carbocycles. The minimum Gasteiger partial charge on any atom is -0.384 e. The van der Waals surface area contributed by atoms with Crippen LogP contribution >= 0.6 is 0 Å². The number of hydrogen-bond acceptors (Lipinski definition) is 5. The van der Waals surface area contributed by atoms with Gasteiger partial charge in [0.2, 0.25) is 5.65 Å². The van der Waals surface area contributed by atoms with E-state index >= 15 is 0 Å². The predicted molar refractivity (Wildman–Crippen MR) is 133 cm³/mol. The minimum atomic E-state index is 0.187. The van der Waals surface area contributed by atoms with Crippen molar-refractivity contribution in [1.82, 2.24) is 25.3 Å². The van der Waals surface area contributed by atoms with Crippen molar-refractivity contribution in [2.24, 2.45) is 0 Å². The van der Waals surface area contributed by atoms with Crippen LogP contribution in [-0.2, 0) is 0 Å². The smallest absolute Gasteiger partial charge is 0.203 e. The number of anilines is 1. The number of nitrogens with zero attached hydrogens (tertiary/aromatic N) is 4. The second kappa shape index (κ2) is 9.71. The molecular formula is C27H32N6. The van der Waals surface area contributed by atoms with E-state index in [1.54, 1.807) is 0 Å². The van der Waals surface area contributed by atoms with Crippen LogP contribution in [0.3, 0.4) is 0 Å². The van der Waals surface area contributed by atoms with Crippen LogP contribution in [0.1, 0.15) is 60.6 Å². The fourth-order valence-electron chi connectivity index (χ4n) is 5.42. The molecule has 1 aliphatic rings. The summed E-state index contributed by atoms with van der Waals surface area (Å²) in [5, 5.41) is 11.3. The van der Waals surface area contributed by atoms with Gasteiger partial charge in [-0.2, -0.15) is 10.3 Å². The lowest BCUT2D eigenvalue weighted by molar-refractivity contribution is 0.179. The number of nitrogens with one attached hydrogen (secondary N) is 1. The van der Waals surface area contributed by atoms with Crippen molar-refractivity contribution < 1.29 is 0 Å². The van der Waals surface area contributed by atoms with E-state index in [9.17, 15) is 0 Å². The van der Waals surface area contributed by atoms with E-state index in [1.165, 1.54) is 36.8 Å². The fraction of sp³-hybridized carbons (Fsp3) is 0.370. The van der Waals surface area contributed by atoms with E-state index < -0.39 is 0 Å². The lowest BCUT2D eigenvalue weighted by Crippen LogP contribution is -2.36. The zero-order valence-electron chi connectivity index (χ0n) is 19.2. The Hall–Kier alpha value is -3.25. The largest absolute Gasteiger partial charge is 0.384 e. The van der Waals surface area contributed by atoms with E-state index in [2.05, 4.69) is 93.0 Å². The Balaban J connectivity index is 1.30. The fourth-order valence-corrected chi connectivity index (χ4v) is 5.42. The molecule has 1 atom stereocenters. The molecule has 1 aliphatic carbocycles. The van der Waals surface area contributed by atoms with Gasteiger partial charge in [-0.1, -0.05) is 60.7 Å². The number of rotatable bonds is 7. The molecule has 2 aromatic heterocycles. The molecule has 1 fully saturated rings. The van der Waals surface area contributed by atoms with Crippen molar-refractivity contribution in [2.75, 3.05) is 19.3 Å². The lowest BCUT2D eigenvalue weighted by atomic mass is 9.81. The molecule has 0 radical (unpaired) electrons. The monoisotopic (exact) mass is 440 g/mol. The average Bonchev–Trinajstić information content (AvgIpc) is 3.34. The van der Waals surface area contributed by atoms with Crippen LogP contribution in [0.2, 0.25) is 0 Å². The summed E-state index contributed by atoms with van der Waals surface area (Å²) in [6.07, 6.45) is 6.03. The molecule has 3 N–H and O–H groups in total. The molecule has 33 heavy (non-hydrogen) atoms. The number of nitrogen functional groups attached to an aromatic ring is 1. The number of H-pyrrole nitrogens is 1. The van der Waals surface area contributed by atoms with Gasteiger partial charge in [0.05, 0.1) is 0 Å². The maximum Gasteiger partial charge on any atom is 0.203 e. The molecule has 4 aromatic rings. The summed E-state index contributed by atoms with van der Waals surface area (Å²) in [7, 11) is 2.28. The van der Waals surface area contributed by atoms with Gasteiger partial charge < -0.3 is 10.6 Å². The highest BCUT2D eigenvalue weighted by Crippen LogP contribution is 2.36. The van der Waals surface area contributed by atoms with Gasteiger partial charge >= 0.3 is 0 Å². The molecule has 5 rings (SSSR count). The lowest BCUT2D eigenvalue weighted by Gasteiger charge is -2.35. The van der Waals surface area contributed by atoms with Crippen molar-refractivity contribution in [3.05, 3.63) is 83.4 Å². The Labute approximate surface area is 195 Å². The molecule has 6 heteroatoms. The Morgan fingerprint density at radius 1 is 0.970 bits per heavy atom. The Morgan fingerprint density at radius 3 is 2.39 bits per heavy atom. The van der Waals surface area contributed by atoms with E-state index in [0.717, 1.165) is 24.0 Å². The summed E-state index contributed by atoms with van der Waals surface area (Å²) in [5.74, 6) is 1.38. The molecule has 6 nitrogen and oxygen atoms in total. The first-order chi connectivity index (χ1) is 16.2. The van der Waals surface area contributed by atoms with E-state index in [-0.39, 0.29) is 5.92 Å². The van der Waals surface area contributed by atoms with Crippen LogP contribution in [0.25, 0.3) is 11.2 Å². The van der Waals surface area contributed by atoms with Gasteiger partial charge in [-0.3, -0.25) is 0 Å². The predicted octanol–water partition coefficient (Wildman–Crippen LogP) is 5.12. The third-order valence-corrected chi connectivity index (χ3v) is 7.28. The first-order valence-corrected chi connectivity index (χ1v) is 12.0. The number of pyridine rings is 1. The Bertz CT molecular complexity index is 1170. The van der Waals surface area contributed by atoms with Gasteiger partial charge in [-0.25, -0.2) is 4.98 Å². The molecular weight excluding hydrogens is 408 g/mol. The van der Waals surface area contributed by atoms with Crippen molar-refractivity contribution in [1.29, 1.82) is 0 Å². The topological polar surface area (TPSA) is 83.7 Å². The number of aromatic nitrogens is 4. The molecule has 0 amide bonds. The van der Waals surface area contributed by atoms with Gasteiger partial charge in [-0.15, -0.1) is 5.10 Å². The first-order valence-electron chi connectivity index (χ1n) is 12.0. The van der Waals surface area contributed by atoms with Gasteiger partial charge in [0.15, 0.2) is 0 Å². The minimum absolute atomic E-state index is 0.187. The van der Waals surface area contributed by atoms with Crippen LogP contribution in [0.4, 0.5) is 5.82 Å². The van der Waals surface area contributed by atoms with Gasteiger partial charge in [0.25, 0.3) is 0 Å². The molecule has 0 bridgehead atoms. The number of nitrogens with two attached hydrogens (primary N) is 1.